The van der Waals surface area contributed by atoms with Gasteiger partial charge in [0.25, 0.3) is 0 Å². The van der Waals surface area contributed by atoms with Crippen LogP contribution >= 0.6 is 0 Å². The van der Waals surface area contributed by atoms with Crippen molar-refractivity contribution in [3.63, 3.8) is 0 Å². The minimum atomic E-state index is -0.919. The van der Waals surface area contributed by atoms with E-state index in [1.165, 1.54) is 7.11 Å². The topological polar surface area (TPSA) is 79.5 Å². The number of nitriles is 1. The molecule has 0 saturated carbocycles. The maximum absolute atomic E-state index is 10.6. The molecule has 0 bridgehead atoms. The highest BCUT2D eigenvalue weighted by atomic mass is 16.5. The highest BCUT2D eigenvalue weighted by Gasteiger charge is 2.13. The molecule has 0 aromatic heterocycles. The zero-order chi connectivity index (χ0) is 12.8. The van der Waals surface area contributed by atoms with Gasteiger partial charge >= 0.3 is 5.97 Å². The van der Waals surface area contributed by atoms with Crippen molar-refractivity contribution in [3.8, 4) is 17.6 Å². The molecule has 1 rings (SSSR count). The minimum absolute atomic E-state index is 0.0532. The van der Waals surface area contributed by atoms with E-state index in [4.69, 9.17) is 19.8 Å². The van der Waals surface area contributed by atoms with Crippen LogP contribution in [0.15, 0.2) is 18.2 Å². The van der Waals surface area contributed by atoms with Crippen molar-refractivity contribution in [2.24, 2.45) is 5.92 Å². The Hall–Kier alpha value is -2.22. The third-order valence-corrected chi connectivity index (χ3v) is 2.20. The first kappa shape index (κ1) is 12.8. The maximum Gasteiger partial charge on any atom is 0.309 e. The second-order valence-electron chi connectivity index (χ2n) is 3.53. The number of nitrogens with zero attached hydrogens (tertiary/aromatic N) is 1. The van der Waals surface area contributed by atoms with E-state index in [0.717, 1.165) is 0 Å². The lowest BCUT2D eigenvalue weighted by Crippen LogP contribution is -2.18. The summed E-state index contributed by atoms with van der Waals surface area (Å²) in [6, 6.07) is 6.70. The number of benzene rings is 1. The Morgan fingerprint density at radius 2 is 2.24 bits per heavy atom. The number of hydrogen-bond donors (Lipinski definition) is 1. The Balaban J connectivity index is 2.78. The Morgan fingerprint density at radius 3 is 2.76 bits per heavy atom. The first-order valence-electron chi connectivity index (χ1n) is 5.02. The van der Waals surface area contributed by atoms with Gasteiger partial charge in [0.2, 0.25) is 0 Å². The first-order valence-corrected chi connectivity index (χ1v) is 5.02. The van der Waals surface area contributed by atoms with Crippen LogP contribution in [0.2, 0.25) is 0 Å². The average molecular weight is 235 g/mol. The molecule has 0 aliphatic heterocycles. The second kappa shape index (κ2) is 5.75. The Kier molecular flexibility index (Phi) is 4.35. The predicted octanol–water partition coefficient (Wildman–Crippen LogP) is 1.67. The predicted molar refractivity (Wildman–Crippen MR) is 60.0 cm³/mol. The Bertz CT molecular complexity index is 450. The summed E-state index contributed by atoms with van der Waals surface area (Å²) in [5, 5.41) is 17.4. The normalized spacial score (nSPS) is 11.4. The standard InChI is InChI=1S/C12H13NO4/c1-8(12(14)15)7-17-10-4-3-9(6-13)5-11(10)16-2/h3-5,8H,7H2,1-2H3,(H,14,15). The lowest BCUT2D eigenvalue weighted by molar-refractivity contribution is -0.142. The SMILES string of the molecule is COc1cc(C#N)ccc1OCC(C)C(=O)O. The smallest absolute Gasteiger partial charge is 0.309 e. The van der Waals surface area contributed by atoms with Crippen LogP contribution < -0.4 is 9.47 Å². The van der Waals surface area contributed by atoms with Crippen molar-refractivity contribution < 1.29 is 19.4 Å². The first-order chi connectivity index (χ1) is 8.08. The maximum atomic E-state index is 10.6. The van der Waals surface area contributed by atoms with Gasteiger partial charge in [0.15, 0.2) is 11.5 Å². The van der Waals surface area contributed by atoms with Gasteiger partial charge in [0.05, 0.1) is 24.7 Å². The molecule has 0 heterocycles. The van der Waals surface area contributed by atoms with Crippen LogP contribution in [0.3, 0.4) is 0 Å². The molecular weight excluding hydrogens is 222 g/mol. The third-order valence-electron chi connectivity index (χ3n) is 2.20. The Morgan fingerprint density at radius 1 is 1.53 bits per heavy atom. The van der Waals surface area contributed by atoms with E-state index in [9.17, 15) is 4.79 Å². The van der Waals surface area contributed by atoms with E-state index in [2.05, 4.69) is 0 Å². The van der Waals surface area contributed by atoms with E-state index in [1.807, 2.05) is 6.07 Å². The molecule has 0 radical (unpaired) electrons. The minimum Gasteiger partial charge on any atom is -0.493 e. The van der Waals surface area contributed by atoms with Crippen molar-refractivity contribution in [2.45, 2.75) is 6.92 Å². The zero-order valence-electron chi connectivity index (χ0n) is 9.64. The molecule has 0 amide bonds. The summed E-state index contributed by atoms with van der Waals surface area (Å²) < 4.78 is 10.4. The zero-order valence-corrected chi connectivity index (χ0v) is 9.64. The van der Waals surface area contributed by atoms with E-state index in [1.54, 1.807) is 25.1 Å². The number of carboxylic acid groups (broad SMARTS) is 1. The van der Waals surface area contributed by atoms with Gasteiger partial charge in [0, 0.05) is 6.07 Å². The van der Waals surface area contributed by atoms with Crippen LogP contribution in [-0.4, -0.2) is 24.8 Å². The van der Waals surface area contributed by atoms with Crippen LogP contribution in [0, 0.1) is 17.2 Å². The van der Waals surface area contributed by atoms with Crippen LogP contribution in [0.1, 0.15) is 12.5 Å². The largest absolute Gasteiger partial charge is 0.493 e. The highest BCUT2D eigenvalue weighted by molar-refractivity contribution is 5.69. The van der Waals surface area contributed by atoms with Crippen molar-refractivity contribution in [2.75, 3.05) is 13.7 Å². The molecule has 0 fully saturated rings. The summed E-state index contributed by atoms with van der Waals surface area (Å²) >= 11 is 0. The summed E-state index contributed by atoms with van der Waals surface area (Å²) in [7, 11) is 1.46. The fourth-order valence-corrected chi connectivity index (χ4v) is 1.14. The molecule has 0 aliphatic carbocycles. The van der Waals surface area contributed by atoms with Crippen molar-refractivity contribution in [3.05, 3.63) is 23.8 Å². The van der Waals surface area contributed by atoms with E-state index >= 15 is 0 Å². The van der Waals surface area contributed by atoms with Gasteiger partial charge in [-0.1, -0.05) is 0 Å². The van der Waals surface area contributed by atoms with Gasteiger partial charge < -0.3 is 14.6 Å². The molecular formula is C12H13NO4. The molecule has 1 unspecified atom stereocenters. The van der Waals surface area contributed by atoms with Crippen LogP contribution in [-0.2, 0) is 4.79 Å². The molecule has 0 aliphatic rings. The number of methoxy groups -OCH3 is 1. The van der Waals surface area contributed by atoms with Gasteiger partial charge in [-0.05, 0) is 19.1 Å². The van der Waals surface area contributed by atoms with E-state index in [-0.39, 0.29) is 6.61 Å². The van der Waals surface area contributed by atoms with Gasteiger partial charge in [-0.15, -0.1) is 0 Å². The Labute approximate surface area is 99.2 Å². The summed E-state index contributed by atoms with van der Waals surface area (Å²) in [5.74, 6) is -0.672. The number of aliphatic carboxylic acids is 1. The number of carbonyl (C=O) groups is 1. The van der Waals surface area contributed by atoms with Crippen molar-refractivity contribution in [1.82, 2.24) is 0 Å². The lowest BCUT2D eigenvalue weighted by Gasteiger charge is -2.12. The summed E-state index contributed by atoms with van der Waals surface area (Å²) in [4.78, 5) is 10.6. The molecule has 0 saturated heterocycles. The number of ether oxygens (including phenoxy) is 2. The number of carboxylic acids is 1. The molecule has 1 N–H and O–H groups in total. The van der Waals surface area contributed by atoms with Gasteiger partial charge in [-0.2, -0.15) is 5.26 Å². The summed E-state index contributed by atoms with van der Waals surface area (Å²) in [5.41, 5.74) is 0.459. The third kappa shape index (κ3) is 3.38. The molecule has 1 aromatic rings. The summed E-state index contributed by atoms with van der Waals surface area (Å²) in [6.07, 6.45) is 0. The molecule has 1 aromatic carbocycles. The molecule has 5 heteroatoms. The molecule has 0 spiro atoms. The van der Waals surface area contributed by atoms with Gasteiger partial charge in [-0.3, -0.25) is 4.79 Å². The van der Waals surface area contributed by atoms with Crippen molar-refractivity contribution >= 4 is 5.97 Å². The molecule has 17 heavy (non-hydrogen) atoms. The second-order valence-corrected chi connectivity index (χ2v) is 3.53. The average Bonchev–Trinajstić information content (AvgIpc) is 2.35. The van der Waals surface area contributed by atoms with E-state index in [0.29, 0.717) is 17.1 Å². The summed E-state index contributed by atoms with van der Waals surface area (Å²) in [6.45, 7) is 1.61. The van der Waals surface area contributed by atoms with Crippen LogP contribution in [0.25, 0.3) is 0 Å². The van der Waals surface area contributed by atoms with Crippen LogP contribution in [0.4, 0.5) is 0 Å². The lowest BCUT2D eigenvalue weighted by atomic mass is 10.2. The number of hydrogen-bond acceptors (Lipinski definition) is 4. The quantitative estimate of drug-likeness (QED) is 0.839. The van der Waals surface area contributed by atoms with Crippen molar-refractivity contribution in [1.29, 1.82) is 5.26 Å². The molecule has 1 atom stereocenters. The monoisotopic (exact) mass is 235 g/mol. The molecule has 90 valence electrons. The fourth-order valence-electron chi connectivity index (χ4n) is 1.14. The molecule has 5 nitrogen and oxygen atoms in total. The highest BCUT2D eigenvalue weighted by Crippen LogP contribution is 2.28. The number of rotatable bonds is 5. The van der Waals surface area contributed by atoms with E-state index < -0.39 is 11.9 Å². The van der Waals surface area contributed by atoms with Gasteiger partial charge in [-0.25, -0.2) is 0 Å². The fraction of sp³-hybridized carbons (Fsp3) is 0.333. The van der Waals surface area contributed by atoms with Gasteiger partial charge in [0.1, 0.15) is 6.61 Å². The van der Waals surface area contributed by atoms with Crippen LogP contribution in [0.5, 0.6) is 11.5 Å².